The molecule has 0 heterocycles. The third-order valence-electron chi connectivity index (χ3n) is 3.07. The van der Waals surface area contributed by atoms with Gasteiger partial charge in [0.2, 0.25) is 0 Å². The summed E-state index contributed by atoms with van der Waals surface area (Å²) in [4.78, 5) is 0. The van der Waals surface area contributed by atoms with Gasteiger partial charge in [0.15, 0.2) is 11.5 Å². The van der Waals surface area contributed by atoms with E-state index in [1.54, 1.807) is 7.11 Å². The van der Waals surface area contributed by atoms with Crippen molar-refractivity contribution in [3.63, 3.8) is 0 Å². The van der Waals surface area contributed by atoms with Gasteiger partial charge in [-0.15, -0.1) is 11.6 Å². The van der Waals surface area contributed by atoms with Gasteiger partial charge in [-0.3, -0.25) is 0 Å². The van der Waals surface area contributed by atoms with Gasteiger partial charge in [0.1, 0.15) is 12.4 Å². The van der Waals surface area contributed by atoms with Crippen molar-refractivity contribution >= 4 is 11.6 Å². The van der Waals surface area contributed by atoms with Crippen molar-refractivity contribution in [2.24, 2.45) is 0 Å². The zero-order valence-corrected chi connectivity index (χ0v) is 13.0. The topological polar surface area (TPSA) is 27.7 Å². The van der Waals surface area contributed by atoms with Crippen molar-refractivity contribution in [2.75, 3.05) is 13.7 Å². The zero-order chi connectivity index (χ0) is 15.1. The molecule has 4 heteroatoms. The zero-order valence-electron chi connectivity index (χ0n) is 12.3. The minimum atomic E-state index is 0.377. The molecule has 0 fully saturated rings. The Morgan fingerprint density at radius 1 is 0.905 bits per heavy atom. The van der Waals surface area contributed by atoms with Gasteiger partial charge in [-0.25, -0.2) is 0 Å². The number of rotatable bonds is 7. The van der Waals surface area contributed by atoms with Crippen molar-refractivity contribution in [1.82, 2.24) is 0 Å². The highest BCUT2D eigenvalue weighted by Crippen LogP contribution is 2.33. The fourth-order valence-electron chi connectivity index (χ4n) is 2.07. The van der Waals surface area contributed by atoms with E-state index in [0.717, 1.165) is 16.9 Å². The first kappa shape index (κ1) is 15.5. The maximum Gasteiger partial charge on any atom is 0.166 e. The van der Waals surface area contributed by atoms with Crippen molar-refractivity contribution < 1.29 is 14.2 Å². The highest BCUT2D eigenvalue weighted by atomic mass is 35.5. The fraction of sp³-hybridized carbons (Fsp3) is 0.294. The predicted molar refractivity (Wildman–Crippen MR) is 84.5 cm³/mol. The van der Waals surface area contributed by atoms with Gasteiger partial charge < -0.3 is 14.2 Å². The lowest BCUT2D eigenvalue weighted by Gasteiger charge is -2.16. The summed E-state index contributed by atoms with van der Waals surface area (Å²) in [7, 11) is 1.65. The second-order valence-electron chi connectivity index (χ2n) is 4.41. The number of halogens is 1. The molecule has 112 valence electrons. The maximum absolute atomic E-state index is 5.98. The number of alkyl halides is 1. The molecule has 2 aromatic rings. The van der Waals surface area contributed by atoms with Crippen LogP contribution in [0.4, 0.5) is 0 Å². The van der Waals surface area contributed by atoms with Gasteiger partial charge in [-0.1, -0.05) is 30.3 Å². The first-order valence-corrected chi connectivity index (χ1v) is 7.39. The summed E-state index contributed by atoms with van der Waals surface area (Å²) in [5.41, 5.74) is 1.89. The number of benzene rings is 2. The van der Waals surface area contributed by atoms with Crippen molar-refractivity contribution in [3.8, 4) is 17.2 Å². The summed E-state index contributed by atoms with van der Waals surface area (Å²) in [5, 5.41) is 0. The van der Waals surface area contributed by atoms with Gasteiger partial charge >= 0.3 is 0 Å². The molecular formula is C17H19ClO3. The highest BCUT2D eigenvalue weighted by molar-refractivity contribution is 6.17. The molecule has 3 nitrogen and oxygen atoms in total. The van der Waals surface area contributed by atoms with E-state index in [4.69, 9.17) is 25.8 Å². The van der Waals surface area contributed by atoms with Crippen LogP contribution in [0.3, 0.4) is 0 Å². The molecule has 0 amide bonds. The smallest absolute Gasteiger partial charge is 0.166 e. The molecule has 0 aliphatic rings. The van der Waals surface area contributed by atoms with Crippen LogP contribution >= 0.6 is 11.6 Å². The number of methoxy groups -OCH3 is 1. The first-order chi connectivity index (χ1) is 10.3. The van der Waals surface area contributed by atoms with Crippen LogP contribution in [0.1, 0.15) is 18.1 Å². The average molecular weight is 307 g/mol. The van der Waals surface area contributed by atoms with Crippen LogP contribution in [0.25, 0.3) is 0 Å². The predicted octanol–water partition coefficient (Wildman–Crippen LogP) is 4.41. The van der Waals surface area contributed by atoms with Crippen molar-refractivity contribution in [3.05, 3.63) is 53.6 Å². The molecule has 0 radical (unpaired) electrons. The third-order valence-corrected chi connectivity index (χ3v) is 3.36. The van der Waals surface area contributed by atoms with Crippen LogP contribution in [0.5, 0.6) is 17.2 Å². The fourth-order valence-corrected chi connectivity index (χ4v) is 2.28. The normalized spacial score (nSPS) is 10.2. The molecule has 0 aliphatic heterocycles. The van der Waals surface area contributed by atoms with Crippen LogP contribution in [-0.2, 0) is 12.5 Å². The molecular weight excluding hydrogens is 288 g/mol. The third kappa shape index (κ3) is 3.82. The Morgan fingerprint density at radius 3 is 2.33 bits per heavy atom. The Bertz CT molecular complexity index is 584. The van der Waals surface area contributed by atoms with Gasteiger partial charge in [0.05, 0.1) is 19.6 Å². The molecule has 0 aliphatic carbocycles. The molecule has 0 spiro atoms. The average Bonchev–Trinajstić information content (AvgIpc) is 2.54. The van der Waals surface area contributed by atoms with Crippen LogP contribution in [0.15, 0.2) is 42.5 Å². The van der Waals surface area contributed by atoms with Crippen LogP contribution < -0.4 is 14.2 Å². The molecule has 2 rings (SSSR count). The first-order valence-electron chi connectivity index (χ1n) is 6.85. The van der Waals surface area contributed by atoms with E-state index in [1.165, 1.54) is 0 Å². The second-order valence-corrected chi connectivity index (χ2v) is 4.68. The van der Waals surface area contributed by atoms with Gasteiger partial charge in [0.25, 0.3) is 0 Å². The Kier molecular flexibility index (Phi) is 5.76. The number of ether oxygens (including phenoxy) is 3. The Morgan fingerprint density at radius 2 is 1.62 bits per heavy atom. The molecule has 0 aromatic heterocycles. The van der Waals surface area contributed by atoms with E-state index < -0.39 is 0 Å². The monoisotopic (exact) mass is 306 g/mol. The summed E-state index contributed by atoms with van der Waals surface area (Å²) in [6.07, 6.45) is 0. The lowest BCUT2D eigenvalue weighted by atomic mass is 10.2. The SMILES string of the molecule is CCOc1cccc(CCl)c1OCc1ccccc1OC. The summed E-state index contributed by atoms with van der Waals surface area (Å²) < 4.78 is 16.9. The Labute approximate surface area is 130 Å². The van der Waals surface area contributed by atoms with Crippen LogP contribution in [0.2, 0.25) is 0 Å². The quantitative estimate of drug-likeness (QED) is 0.709. The van der Waals surface area contributed by atoms with Gasteiger partial charge in [0, 0.05) is 11.1 Å². The minimum absolute atomic E-state index is 0.377. The van der Waals surface area contributed by atoms with Gasteiger partial charge in [-0.05, 0) is 19.1 Å². The van der Waals surface area contributed by atoms with E-state index in [1.807, 2.05) is 49.4 Å². The van der Waals surface area contributed by atoms with Crippen molar-refractivity contribution in [1.29, 1.82) is 0 Å². The molecule has 0 atom stereocenters. The minimum Gasteiger partial charge on any atom is -0.496 e. The standard InChI is InChI=1S/C17H19ClO3/c1-3-20-16-10-6-8-13(11-18)17(16)21-12-14-7-4-5-9-15(14)19-2/h4-10H,3,11-12H2,1-2H3. The van der Waals surface area contributed by atoms with E-state index in [0.29, 0.717) is 30.6 Å². The largest absolute Gasteiger partial charge is 0.496 e. The summed E-state index contributed by atoms with van der Waals surface area (Å²) in [6.45, 7) is 2.92. The summed E-state index contributed by atoms with van der Waals surface area (Å²) in [6, 6.07) is 13.5. The molecule has 0 saturated heterocycles. The summed E-state index contributed by atoms with van der Waals surface area (Å²) in [5.74, 6) is 2.59. The molecule has 2 aromatic carbocycles. The molecule has 0 bridgehead atoms. The molecule has 0 unspecified atom stereocenters. The highest BCUT2D eigenvalue weighted by Gasteiger charge is 2.11. The number of hydrogen-bond acceptors (Lipinski definition) is 3. The van der Waals surface area contributed by atoms with Gasteiger partial charge in [-0.2, -0.15) is 0 Å². The summed E-state index contributed by atoms with van der Waals surface area (Å²) >= 11 is 5.98. The van der Waals surface area contributed by atoms with Crippen LogP contribution in [0, 0.1) is 0 Å². The Balaban J connectivity index is 2.22. The number of para-hydroxylation sites is 2. The lowest BCUT2D eigenvalue weighted by molar-refractivity contribution is 0.263. The van der Waals surface area contributed by atoms with E-state index in [2.05, 4.69) is 0 Å². The Hall–Kier alpha value is -1.87. The van der Waals surface area contributed by atoms with Crippen molar-refractivity contribution in [2.45, 2.75) is 19.4 Å². The lowest BCUT2D eigenvalue weighted by Crippen LogP contribution is -2.03. The molecule has 21 heavy (non-hydrogen) atoms. The number of hydrogen-bond donors (Lipinski definition) is 0. The van der Waals surface area contributed by atoms with E-state index >= 15 is 0 Å². The molecule has 0 N–H and O–H groups in total. The second kappa shape index (κ2) is 7.79. The molecule has 0 saturated carbocycles. The van der Waals surface area contributed by atoms with Crippen LogP contribution in [-0.4, -0.2) is 13.7 Å². The van der Waals surface area contributed by atoms with E-state index in [-0.39, 0.29) is 0 Å². The maximum atomic E-state index is 5.98. The van der Waals surface area contributed by atoms with E-state index in [9.17, 15) is 0 Å².